The number of hydrogen-bond donors (Lipinski definition) is 2. The van der Waals surface area contributed by atoms with Crippen LogP contribution >= 0.6 is 11.3 Å². The Morgan fingerprint density at radius 1 is 1.23 bits per heavy atom. The van der Waals surface area contributed by atoms with Crippen LogP contribution < -0.4 is 15.4 Å². The normalized spacial score (nSPS) is 12.1. The summed E-state index contributed by atoms with van der Waals surface area (Å²) >= 11 is 1.71. The highest BCUT2D eigenvalue weighted by molar-refractivity contribution is 7.09. The smallest absolute Gasteiger partial charge is 0.191 e. The number of benzene rings is 1. The van der Waals surface area contributed by atoms with Gasteiger partial charge in [-0.15, -0.1) is 11.3 Å². The number of para-hydroxylation sites is 1. The summed E-state index contributed by atoms with van der Waals surface area (Å²) in [7, 11) is 1.71. The maximum absolute atomic E-state index is 5.40. The number of aromatic nitrogens is 1. The summed E-state index contributed by atoms with van der Waals surface area (Å²) in [5, 5.41) is 9.92. The molecule has 2 N–H and O–H groups in total. The Morgan fingerprint density at radius 3 is 2.65 bits per heavy atom. The van der Waals surface area contributed by atoms with E-state index in [0.29, 0.717) is 6.54 Å². The third-order valence-corrected chi connectivity index (χ3v) is 5.13. The lowest BCUT2D eigenvalue weighted by Gasteiger charge is -2.13. The molecule has 2 aromatic rings. The van der Waals surface area contributed by atoms with Crippen molar-refractivity contribution < 1.29 is 4.74 Å². The van der Waals surface area contributed by atoms with Gasteiger partial charge < -0.3 is 15.4 Å². The molecule has 1 aromatic heterocycles. The first kappa shape index (κ1) is 20.2. The molecule has 1 aromatic carbocycles. The van der Waals surface area contributed by atoms with Crippen molar-refractivity contribution in [3.05, 3.63) is 45.9 Å². The van der Waals surface area contributed by atoms with Crippen molar-refractivity contribution in [3.8, 4) is 5.75 Å². The number of rotatable bonds is 7. The van der Waals surface area contributed by atoms with Crippen molar-refractivity contribution >= 4 is 17.3 Å². The molecule has 0 aliphatic heterocycles. The van der Waals surface area contributed by atoms with Gasteiger partial charge >= 0.3 is 0 Å². The van der Waals surface area contributed by atoms with Gasteiger partial charge in [-0.2, -0.15) is 0 Å². The van der Waals surface area contributed by atoms with Gasteiger partial charge in [0, 0.05) is 23.9 Å². The molecule has 6 heteroatoms. The van der Waals surface area contributed by atoms with Gasteiger partial charge in [-0.25, -0.2) is 9.98 Å². The molecule has 0 saturated carbocycles. The Bertz CT molecular complexity index is 719. The Morgan fingerprint density at radius 2 is 2.00 bits per heavy atom. The number of aliphatic imine (C=N–C) groups is 1. The summed E-state index contributed by atoms with van der Waals surface area (Å²) in [5.41, 5.74) is 2.29. The van der Waals surface area contributed by atoms with E-state index in [0.717, 1.165) is 41.9 Å². The Hall–Kier alpha value is -2.08. The Balaban J connectivity index is 1.93. The molecule has 5 nitrogen and oxygen atoms in total. The molecular weight excluding hydrogens is 344 g/mol. The summed E-state index contributed by atoms with van der Waals surface area (Å²) in [6.07, 6.45) is 0.874. The molecule has 0 bridgehead atoms. The molecule has 0 atom stereocenters. The van der Waals surface area contributed by atoms with Crippen LogP contribution in [-0.4, -0.2) is 31.1 Å². The van der Waals surface area contributed by atoms with E-state index in [1.54, 1.807) is 18.4 Å². The van der Waals surface area contributed by atoms with Gasteiger partial charge in [0.1, 0.15) is 5.75 Å². The average molecular weight is 375 g/mol. The van der Waals surface area contributed by atoms with Crippen molar-refractivity contribution in [2.75, 3.05) is 20.2 Å². The molecule has 2 rings (SSSR count). The largest absolute Gasteiger partial charge is 0.496 e. The van der Waals surface area contributed by atoms with E-state index >= 15 is 0 Å². The number of hydrogen-bond acceptors (Lipinski definition) is 4. The second-order valence-electron chi connectivity index (χ2n) is 7.08. The van der Waals surface area contributed by atoms with E-state index in [1.807, 2.05) is 18.2 Å². The molecule has 0 unspecified atom stereocenters. The minimum absolute atomic E-state index is 0.0874. The third kappa shape index (κ3) is 6.02. The van der Waals surface area contributed by atoms with E-state index in [1.165, 1.54) is 5.56 Å². The van der Waals surface area contributed by atoms with Crippen LogP contribution in [0.4, 0.5) is 0 Å². The van der Waals surface area contributed by atoms with Crippen LogP contribution in [0.1, 0.15) is 44.0 Å². The van der Waals surface area contributed by atoms with Gasteiger partial charge in [-0.1, -0.05) is 39.0 Å². The van der Waals surface area contributed by atoms with Gasteiger partial charge in [-0.05, 0) is 25.0 Å². The lowest BCUT2D eigenvalue weighted by atomic mass is 9.98. The number of ether oxygens (including phenoxy) is 1. The van der Waals surface area contributed by atoms with Crippen LogP contribution in [0.3, 0.4) is 0 Å². The van der Waals surface area contributed by atoms with Crippen molar-refractivity contribution in [1.29, 1.82) is 0 Å². The minimum Gasteiger partial charge on any atom is -0.496 e. The van der Waals surface area contributed by atoms with E-state index in [-0.39, 0.29) is 5.41 Å². The molecule has 0 fully saturated rings. The zero-order valence-corrected chi connectivity index (χ0v) is 17.2. The van der Waals surface area contributed by atoms with E-state index in [9.17, 15) is 0 Å². The first-order valence-electron chi connectivity index (χ1n) is 9.03. The molecule has 0 radical (unpaired) electrons. The Labute approximate surface area is 160 Å². The van der Waals surface area contributed by atoms with Crippen LogP contribution in [0.15, 0.2) is 34.6 Å². The number of thiazole rings is 1. The molecule has 0 saturated heterocycles. The molecule has 0 amide bonds. The fraction of sp³-hybridized carbons (Fsp3) is 0.500. The minimum atomic E-state index is 0.0874. The first-order valence-corrected chi connectivity index (χ1v) is 9.91. The topological polar surface area (TPSA) is 58.5 Å². The fourth-order valence-corrected chi connectivity index (χ4v) is 3.35. The number of guanidine groups is 1. The standard InChI is InChI=1S/C20H30N4OS/c1-6-21-19(22-12-11-15-9-7-8-10-17(15)25-5)23-13-16-14-26-18(24-16)20(2,3)4/h7-10,14H,6,11-13H2,1-5H3,(H2,21,22,23). The van der Waals surface area contributed by atoms with Gasteiger partial charge in [0.05, 0.1) is 24.4 Å². The monoisotopic (exact) mass is 374 g/mol. The summed E-state index contributed by atoms with van der Waals surface area (Å²) in [6.45, 7) is 10.8. The third-order valence-electron chi connectivity index (χ3n) is 3.82. The van der Waals surface area contributed by atoms with Crippen molar-refractivity contribution in [2.24, 2.45) is 4.99 Å². The molecule has 142 valence electrons. The van der Waals surface area contributed by atoms with Gasteiger partial charge in [0.15, 0.2) is 5.96 Å². The summed E-state index contributed by atoms with van der Waals surface area (Å²) in [4.78, 5) is 9.36. The number of nitrogens with one attached hydrogen (secondary N) is 2. The SMILES string of the molecule is CCNC(=NCc1csc(C(C)(C)C)n1)NCCc1ccccc1OC. The second kappa shape index (κ2) is 9.57. The Kier molecular flexibility index (Phi) is 7.45. The predicted molar refractivity (Wildman–Crippen MR) is 110 cm³/mol. The molecule has 0 aliphatic carbocycles. The van der Waals surface area contributed by atoms with E-state index < -0.39 is 0 Å². The molecular formula is C20H30N4OS. The maximum atomic E-state index is 5.40. The lowest BCUT2D eigenvalue weighted by Crippen LogP contribution is -2.38. The zero-order valence-electron chi connectivity index (χ0n) is 16.4. The highest BCUT2D eigenvalue weighted by Crippen LogP contribution is 2.25. The van der Waals surface area contributed by atoms with E-state index in [4.69, 9.17) is 9.72 Å². The van der Waals surface area contributed by atoms with Crippen molar-refractivity contribution in [3.63, 3.8) is 0 Å². The fourth-order valence-electron chi connectivity index (χ4n) is 2.45. The van der Waals surface area contributed by atoms with Crippen LogP contribution in [0.5, 0.6) is 5.75 Å². The zero-order chi connectivity index (χ0) is 19.0. The molecule has 0 spiro atoms. The first-order chi connectivity index (χ1) is 12.4. The molecule has 0 aliphatic rings. The highest BCUT2D eigenvalue weighted by atomic mass is 32.1. The predicted octanol–water partition coefficient (Wildman–Crippen LogP) is 3.75. The van der Waals surface area contributed by atoms with Gasteiger partial charge in [0.25, 0.3) is 0 Å². The van der Waals surface area contributed by atoms with Crippen LogP contribution in [0.25, 0.3) is 0 Å². The van der Waals surface area contributed by atoms with Gasteiger partial charge in [-0.3, -0.25) is 0 Å². The highest BCUT2D eigenvalue weighted by Gasteiger charge is 2.17. The van der Waals surface area contributed by atoms with Crippen LogP contribution in [-0.2, 0) is 18.4 Å². The molecule has 26 heavy (non-hydrogen) atoms. The van der Waals surface area contributed by atoms with Gasteiger partial charge in [0.2, 0.25) is 0 Å². The number of nitrogens with zero attached hydrogens (tertiary/aromatic N) is 2. The second-order valence-corrected chi connectivity index (χ2v) is 7.94. The quantitative estimate of drug-likeness (QED) is 0.572. The number of methoxy groups -OCH3 is 1. The van der Waals surface area contributed by atoms with Crippen molar-refractivity contribution in [2.45, 2.75) is 46.1 Å². The lowest BCUT2D eigenvalue weighted by molar-refractivity contribution is 0.409. The van der Waals surface area contributed by atoms with E-state index in [2.05, 4.69) is 54.8 Å². The summed E-state index contributed by atoms with van der Waals surface area (Å²) in [6, 6.07) is 8.10. The molecule has 1 heterocycles. The average Bonchev–Trinajstić information content (AvgIpc) is 3.09. The summed E-state index contributed by atoms with van der Waals surface area (Å²) in [5.74, 6) is 1.74. The van der Waals surface area contributed by atoms with Crippen LogP contribution in [0, 0.1) is 0 Å². The van der Waals surface area contributed by atoms with Crippen molar-refractivity contribution in [1.82, 2.24) is 15.6 Å². The van der Waals surface area contributed by atoms with Crippen LogP contribution in [0.2, 0.25) is 0 Å². The maximum Gasteiger partial charge on any atom is 0.191 e. The summed E-state index contributed by atoms with van der Waals surface area (Å²) < 4.78 is 5.40.